The summed E-state index contributed by atoms with van der Waals surface area (Å²) < 4.78 is 13.6. The summed E-state index contributed by atoms with van der Waals surface area (Å²) >= 11 is 14.3. The molecular formula is C56H94O2S3. The Labute approximate surface area is 394 Å². The lowest BCUT2D eigenvalue weighted by Gasteiger charge is -2.29. The fourth-order valence-electron chi connectivity index (χ4n) is 9.34. The molecule has 0 aromatic heterocycles. The van der Waals surface area contributed by atoms with Crippen LogP contribution in [0.3, 0.4) is 0 Å². The van der Waals surface area contributed by atoms with E-state index in [1.54, 1.807) is 0 Å². The average molecular weight is 896 g/mol. The lowest BCUT2D eigenvalue weighted by atomic mass is 9.82. The normalized spacial score (nSPS) is 14.1. The SMILES string of the molecule is CCCCCCCCC(CCC)C(CC)C(=S)Oc1cc(C)c(CSCc2cc(C(C)(C)C)c(OC(=S)C(CC)C(CCC)CCCCCCCC)cc2C)cc1C(C)(C)C. The number of benzene rings is 2. The van der Waals surface area contributed by atoms with Crippen LogP contribution in [0.4, 0.5) is 0 Å². The fraction of sp³-hybridized carbons (Fsp3) is 0.750. The van der Waals surface area contributed by atoms with Crippen molar-refractivity contribution < 1.29 is 9.47 Å². The summed E-state index contributed by atoms with van der Waals surface area (Å²) in [4.78, 5) is 0. The van der Waals surface area contributed by atoms with Crippen molar-refractivity contribution in [1.29, 1.82) is 0 Å². The first-order chi connectivity index (χ1) is 29.0. The lowest BCUT2D eigenvalue weighted by Crippen LogP contribution is -2.27. The molecule has 4 atom stereocenters. The van der Waals surface area contributed by atoms with Crippen LogP contribution in [0, 0.1) is 37.5 Å². The van der Waals surface area contributed by atoms with Crippen molar-refractivity contribution in [2.24, 2.45) is 23.7 Å². The zero-order valence-electron chi connectivity index (χ0n) is 42.2. The van der Waals surface area contributed by atoms with E-state index in [0.717, 1.165) is 45.9 Å². The Hall–Kier alpha value is -1.43. The van der Waals surface area contributed by atoms with E-state index in [2.05, 4.69) is 121 Å². The molecule has 2 aromatic rings. The second-order valence-corrected chi connectivity index (χ2v) is 22.4. The van der Waals surface area contributed by atoms with Gasteiger partial charge in [0.1, 0.15) is 11.5 Å². The predicted molar refractivity (Wildman–Crippen MR) is 282 cm³/mol. The van der Waals surface area contributed by atoms with Gasteiger partial charge in [-0.25, -0.2) is 0 Å². The Kier molecular flexibility index (Phi) is 26.6. The average Bonchev–Trinajstić information content (AvgIpc) is 3.18. The zero-order chi connectivity index (χ0) is 45.6. The molecule has 0 saturated heterocycles. The van der Waals surface area contributed by atoms with Gasteiger partial charge in [0.05, 0.1) is 0 Å². The van der Waals surface area contributed by atoms with Crippen LogP contribution in [-0.2, 0) is 22.3 Å². The summed E-state index contributed by atoms with van der Waals surface area (Å²) in [5.74, 6) is 5.58. The van der Waals surface area contributed by atoms with Gasteiger partial charge in [-0.05, 0) is 134 Å². The fourth-order valence-corrected chi connectivity index (χ4v) is 11.4. The van der Waals surface area contributed by atoms with Crippen molar-refractivity contribution >= 4 is 46.3 Å². The van der Waals surface area contributed by atoms with Crippen LogP contribution < -0.4 is 9.47 Å². The van der Waals surface area contributed by atoms with Crippen LogP contribution in [-0.4, -0.2) is 10.1 Å². The van der Waals surface area contributed by atoms with Crippen molar-refractivity contribution in [2.75, 3.05) is 0 Å². The monoisotopic (exact) mass is 895 g/mol. The molecule has 0 amide bonds. The largest absolute Gasteiger partial charge is 0.450 e. The van der Waals surface area contributed by atoms with Crippen molar-refractivity contribution in [3.63, 3.8) is 0 Å². The maximum absolute atomic E-state index is 6.80. The molecular weight excluding hydrogens is 801 g/mol. The first-order valence-corrected chi connectivity index (χ1v) is 27.2. The van der Waals surface area contributed by atoms with E-state index >= 15 is 0 Å². The maximum Gasteiger partial charge on any atom is 0.170 e. The van der Waals surface area contributed by atoms with Gasteiger partial charge in [0.2, 0.25) is 0 Å². The highest BCUT2D eigenvalue weighted by Gasteiger charge is 2.30. The first-order valence-electron chi connectivity index (χ1n) is 25.3. The molecule has 2 nitrogen and oxygen atoms in total. The highest BCUT2D eigenvalue weighted by atomic mass is 32.2. The Bertz CT molecular complexity index is 1450. The van der Waals surface area contributed by atoms with Crippen LogP contribution in [0.15, 0.2) is 24.3 Å². The van der Waals surface area contributed by atoms with Crippen LogP contribution in [0.1, 0.15) is 245 Å². The molecule has 4 unspecified atom stereocenters. The zero-order valence-corrected chi connectivity index (χ0v) is 44.7. The van der Waals surface area contributed by atoms with Gasteiger partial charge in [0.25, 0.3) is 0 Å². The van der Waals surface area contributed by atoms with Crippen LogP contribution in [0.25, 0.3) is 0 Å². The van der Waals surface area contributed by atoms with Gasteiger partial charge in [-0.2, -0.15) is 11.8 Å². The van der Waals surface area contributed by atoms with Gasteiger partial charge in [0.15, 0.2) is 10.1 Å². The van der Waals surface area contributed by atoms with E-state index in [-0.39, 0.29) is 10.8 Å². The van der Waals surface area contributed by atoms with Crippen molar-refractivity contribution in [3.05, 3.63) is 57.6 Å². The smallest absolute Gasteiger partial charge is 0.170 e. The van der Waals surface area contributed by atoms with Gasteiger partial charge < -0.3 is 9.47 Å². The second kappa shape index (κ2) is 29.2. The summed E-state index contributed by atoms with van der Waals surface area (Å²) in [6.07, 6.45) is 25.4. The molecule has 0 fully saturated rings. The van der Waals surface area contributed by atoms with Crippen LogP contribution in [0.5, 0.6) is 11.5 Å². The second-order valence-electron chi connectivity index (χ2n) is 20.6. The minimum absolute atomic E-state index is 0.0721. The summed E-state index contributed by atoms with van der Waals surface area (Å²) in [5, 5.41) is 1.58. The third-order valence-corrected chi connectivity index (χ3v) is 15.0. The molecule has 0 saturated carbocycles. The van der Waals surface area contributed by atoms with Gasteiger partial charge in [-0.15, -0.1) is 0 Å². The Morgan fingerprint density at radius 2 is 0.836 bits per heavy atom. The standard InChI is InChI=1S/C56H94O2S3/c1-15-21-23-25-27-29-33-43(31-17-3)47(19-5)53(59)57-51-35-41(7)45(37-49(51)55(9,10)11)39-61-40-46-38-50(56(12,13)14)52(36-42(46)8)58-54(60)48(20-6)44(32-18-4)34-30-28-26-24-22-16-2/h35-38,43-44,47-48H,15-34,39-40H2,1-14H3. The molecule has 0 spiro atoms. The number of ether oxygens (including phenoxy) is 2. The molecule has 0 heterocycles. The topological polar surface area (TPSA) is 18.5 Å². The Morgan fingerprint density at radius 1 is 0.492 bits per heavy atom. The van der Waals surface area contributed by atoms with Crippen molar-refractivity contribution in [3.8, 4) is 11.5 Å². The Balaban J connectivity index is 2.25. The number of hydrogen-bond acceptors (Lipinski definition) is 5. The number of thioether (sulfide) groups is 1. The van der Waals surface area contributed by atoms with E-state index in [0.29, 0.717) is 23.7 Å². The van der Waals surface area contributed by atoms with E-state index in [1.807, 2.05) is 11.8 Å². The minimum Gasteiger partial charge on any atom is -0.450 e. The summed E-state index contributed by atoms with van der Waals surface area (Å²) in [6.45, 7) is 32.1. The van der Waals surface area contributed by atoms with Crippen LogP contribution >= 0.6 is 36.2 Å². The highest BCUT2D eigenvalue weighted by molar-refractivity contribution is 7.97. The molecule has 0 N–H and O–H groups in total. The third kappa shape index (κ3) is 19.3. The molecule has 0 aliphatic carbocycles. The molecule has 5 heteroatoms. The molecule has 0 bridgehead atoms. The molecule has 0 aliphatic rings. The van der Waals surface area contributed by atoms with E-state index < -0.39 is 0 Å². The summed E-state index contributed by atoms with van der Waals surface area (Å²) in [5.41, 5.74) is 7.65. The molecule has 2 aromatic carbocycles. The number of thiocarbonyl (C=S) groups is 2. The lowest BCUT2D eigenvalue weighted by molar-refractivity contribution is 0.315. The number of aryl methyl sites for hydroxylation is 2. The summed E-state index contributed by atoms with van der Waals surface area (Å²) in [7, 11) is 0. The van der Waals surface area contributed by atoms with Gasteiger partial charge in [-0.1, -0.05) is 185 Å². The highest BCUT2D eigenvalue weighted by Crippen LogP contribution is 2.40. The van der Waals surface area contributed by atoms with Crippen LogP contribution in [0.2, 0.25) is 0 Å². The third-order valence-electron chi connectivity index (χ3n) is 13.2. The molecule has 2 rings (SSSR count). The molecule has 61 heavy (non-hydrogen) atoms. The summed E-state index contributed by atoms with van der Waals surface area (Å²) in [6, 6.07) is 9.38. The molecule has 0 aliphatic heterocycles. The number of unbranched alkanes of at least 4 members (excludes halogenated alkanes) is 10. The first kappa shape index (κ1) is 55.7. The van der Waals surface area contributed by atoms with Crippen molar-refractivity contribution in [1.82, 2.24) is 0 Å². The van der Waals surface area contributed by atoms with E-state index in [4.69, 9.17) is 33.9 Å². The van der Waals surface area contributed by atoms with E-state index in [1.165, 1.54) is 149 Å². The quantitative estimate of drug-likeness (QED) is 0.0573. The number of hydrogen-bond donors (Lipinski definition) is 0. The van der Waals surface area contributed by atoms with Gasteiger partial charge in [0, 0.05) is 34.5 Å². The molecule has 348 valence electrons. The number of rotatable bonds is 30. The van der Waals surface area contributed by atoms with Gasteiger partial charge >= 0.3 is 0 Å². The predicted octanol–water partition coefficient (Wildman–Crippen LogP) is 19.1. The molecule has 0 radical (unpaired) electrons. The maximum atomic E-state index is 6.80. The minimum atomic E-state index is -0.0721. The van der Waals surface area contributed by atoms with Gasteiger partial charge in [-0.3, -0.25) is 0 Å². The van der Waals surface area contributed by atoms with E-state index in [9.17, 15) is 0 Å². The van der Waals surface area contributed by atoms with Crippen molar-refractivity contribution in [2.45, 2.75) is 248 Å². The Morgan fingerprint density at radius 3 is 1.15 bits per heavy atom.